The molecule has 1 aromatic carbocycles. The van der Waals surface area contributed by atoms with Crippen molar-refractivity contribution in [1.82, 2.24) is 10.2 Å². The van der Waals surface area contributed by atoms with Crippen LogP contribution in [0.2, 0.25) is 0 Å². The van der Waals surface area contributed by atoms with Gasteiger partial charge in [-0.2, -0.15) is 5.26 Å². The van der Waals surface area contributed by atoms with Crippen molar-refractivity contribution in [2.75, 3.05) is 62.3 Å². The van der Waals surface area contributed by atoms with Gasteiger partial charge in [0.2, 0.25) is 17.7 Å². The van der Waals surface area contributed by atoms with Gasteiger partial charge in [0.05, 0.1) is 43.7 Å². The number of amides is 3. The number of carbonyl (C=O) groups excluding carboxylic acids is 3. The number of nitriles is 1. The number of ether oxygens (including phenoxy) is 2. The third kappa shape index (κ3) is 5.44. The van der Waals surface area contributed by atoms with Gasteiger partial charge in [-0.25, -0.2) is 15.8 Å². The Morgan fingerprint density at radius 2 is 2.00 bits per heavy atom. The van der Waals surface area contributed by atoms with Crippen LogP contribution in [0, 0.1) is 29.6 Å². The Morgan fingerprint density at radius 1 is 1.30 bits per heavy atom. The van der Waals surface area contributed by atoms with Crippen LogP contribution >= 0.6 is 0 Å². The van der Waals surface area contributed by atoms with Gasteiger partial charge in [-0.15, -0.1) is 0 Å². The van der Waals surface area contributed by atoms with Crippen LogP contribution < -0.4 is 15.1 Å². The normalized spacial score (nSPS) is 22.0. The van der Waals surface area contributed by atoms with Crippen molar-refractivity contribution in [1.29, 1.82) is 5.26 Å². The molecule has 1 N–H and O–H groups in total. The molecule has 3 amide bonds. The van der Waals surface area contributed by atoms with E-state index in [2.05, 4.69) is 16.2 Å². The number of nitrogens with zero attached hydrogens (tertiary/aromatic N) is 5. The van der Waals surface area contributed by atoms with E-state index in [0.717, 1.165) is 0 Å². The molecule has 3 aliphatic heterocycles. The lowest BCUT2D eigenvalue weighted by Crippen LogP contribution is -2.53. The molecule has 1 aromatic rings. The van der Waals surface area contributed by atoms with Crippen molar-refractivity contribution in [3.05, 3.63) is 35.4 Å². The number of hydrogen-bond acceptors (Lipinski definition) is 7. The van der Waals surface area contributed by atoms with E-state index in [1.165, 1.54) is 17.9 Å². The molecule has 3 aliphatic rings. The standard InChI is InChI=1S/C25H29FN6O5/c1-17(33)29-15-19-16-32(24(35)37-19)18-3-4-22(21(26)13-18)30-7-5-25(28-2,6-8-30)20(14-27)23(34)31-9-11-36-12-10-31/h3-4,13,19-20H,5-12,15-16H2,1H3,(H,29,33)/t19-,20?/m0/s1. The molecular weight excluding hydrogens is 483 g/mol. The van der Waals surface area contributed by atoms with Crippen LogP contribution in [0.1, 0.15) is 19.8 Å². The van der Waals surface area contributed by atoms with Gasteiger partial charge in [0.25, 0.3) is 5.54 Å². The third-order valence-corrected chi connectivity index (χ3v) is 7.12. The van der Waals surface area contributed by atoms with Crippen molar-refractivity contribution in [2.24, 2.45) is 5.92 Å². The smallest absolute Gasteiger partial charge is 0.414 e. The number of cyclic esters (lactones) is 1. The number of halogens is 1. The molecule has 196 valence electrons. The summed E-state index contributed by atoms with van der Waals surface area (Å²) < 4.78 is 25.7. The molecule has 0 aliphatic carbocycles. The molecule has 0 spiro atoms. The Bertz CT molecular complexity index is 1130. The molecule has 37 heavy (non-hydrogen) atoms. The number of benzene rings is 1. The molecule has 3 saturated heterocycles. The molecule has 2 atom stereocenters. The molecule has 4 rings (SSSR count). The van der Waals surface area contributed by atoms with E-state index in [9.17, 15) is 19.6 Å². The summed E-state index contributed by atoms with van der Waals surface area (Å²) >= 11 is 0. The van der Waals surface area contributed by atoms with Gasteiger partial charge in [-0.05, 0) is 18.2 Å². The Hall–Kier alpha value is -3.90. The number of anilines is 2. The van der Waals surface area contributed by atoms with Crippen LogP contribution in [0.4, 0.5) is 20.6 Å². The summed E-state index contributed by atoms with van der Waals surface area (Å²) in [6.07, 6.45) is -0.657. The summed E-state index contributed by atoms with van der Waals surface area (Å²) in [6.45, 7) is 11.8. The molecule has 11 nitrogen and oxygen atoms in total. The number of hydrogen-bond donors (Lipinski definition) is 1. The first kappa shape index (κ1) is 26.2. The lowest BCUT2D eigenvalue weighted by atomic mass is 9.76. The number of nitrogens with one attached hydrogen (secondary N) is 1. The summed E-state index contributed by atoms with van der Waals surface area (Å²) in [5, 5.41) is 12.4. The Kier molecular flexibility index (Phi) is 7.79. The van der Waals surface area contributed by atoms with Crippen molar-refractivity contribution in [3.8, 4) is 6.07 Å². The predicted molar refractivity (Wildman–Crippen MR) is 130 cm³/mol. The molecule has 0 bridgehead atoms. The molecule has 0 saturated carbocycles. The van der Waals surface area contributed by atoms with Gasteiger partial charge in [-0.3, -0.25) is 14.5 Å². The summed E-state index contributed by atoms with van der Waals surface area (Å²) in [5.74, 6) is -2.21. The van der Waals surface area contributed by atoms with E-state index in [1.54, 1.807) is 21.9 Å². The maximum atomic E-state index is 15.2. The second-order valence-corrected chi connectivity index (χ2v) is 9.39. The van der Waals surface area contributed by atoms with E-state index in [0.29, 0.717) is 50.8 Å². The average Bonchev–Trinajstić information content (AvgIpc) is 3.29. The maximum Gasteiger partial charge on any atom is 0.414 e. The zero-order chi connectivity index (χ0) is 26.6. The van der Waals surface area contributed by atoms with Crippen LogP contribution in [0.5, 0.6) is 0 Å². The van der Waals surface area contributed by atoms with Crippen molar-refractivity contribution >= 4 is 29.3 Å². The maximum absolute atomic E-state index is 15.2. The highest BCUT2D eigenvalue weighted by Crippen LogP contribution is 2.38. The van der Waals surface area contributed by atoms with Crippen LogP contribution in [-0.2, 0) is 19.1 Å². The monoisotopic (exact) mass is 512 g/mol. The van der Waals surface area contributed by atoms with E-state index >= 15 is 4.39 Å². The topological polar surface area (TPSA) is 120 Å². The fourth-order valence-electron chi connectivity index (χ4n) is 4.99. The molecule has 3 fully saturated rings. The minimum atomic E-state index is -1.17. The van der Waals surface area contributed by atoms with Gasteiger partial charge >= 0.3 is 6.09 Å². The zero-order valence-electron chi connectivity index (χ0n) is 20.6. The number of piperidine rings is 1. The SMILES string of the molecule is [C-]#[N+]C1(C(C#N)C(=O)N2CCOCC2)CCN(c2ccc(N3C[C@H](CNC(C)=O)OC3=O)cc2F)CC1. The second kappa shape index (κ2) is 11.0. The Labute approximate surface area is 214 Å². The largest absolute Gasteiger partial charge is 0.442 e. The first-order chi connectivity index (χ1) is 17.8. The highest BCUT2D eigenvalue weighted by molar-refractivity contribution is 5.90. The highest BCUT2D eigenvalue weighted by Gasteiger charge is 2.53. The van der Waals surface area contributed by atoms with Crippen LogP contribution in [0.25, 0.3) is 4.85 Å². The lowest BCUT2D eigenvalue weighted by Gasteiger charge is -2.38. The number of carbonyl (C=O) groups is 3. The first-order valence-electron chi connectivity index (χ1n) is 12.2. The lowest BCUT2D eigenvalue weighted by molar-refractivity contribution is -0.139. The zero-order valence-corrected chi connectivity index (χ0v) is 20.6. The summed E-state index contributed by atoms with van der Waals surface area (Å²) in [6, 6.07) is 6.53. The minimum absolute atomic E-state index is 0.173. The van der Waals surface area contributed by atoms with E-state index in [-0.39, 0.29) is 37.7 Å². The van der Waals surface area contributed by atoms with Crippen molar-refractivity contribution in [2.45, 2.75) is 31.4 Å². The van der Waals surface area contributed by atoms with Crippen molar-refractivity contribution in [3.63, 3.8) is 0 Å². The number of rotatable bonds is 6. The molecular formula is C25H29FN6O5. The fourth-order valence-corrected chi connectivity index (χ4v) is 4.99. The van der Waals surface area contributed by atoms with Gasteiger partial charge in [0.15, 0.2) is 0 Å². The van der Waals surface area contributed by atoms with Crippen LogP contribution in [0.3, 0.4) is 0 Å². The summed E-state index contributed by atoms with van der Waals surface area (Å²) in [4.78, 5) is 44.9. The highest BCUT2D eigenvalue weighted by atomic mass is 19.1. The van der Waals surface area contributed by atoms with E-state index in [1.807, 2.05) is 0 Å². The van der Waals surface area contributed by atoms with E-state index in [4.69, 9.17) is 16.0 Å². The molecule has 0 radical (unpaired) electrons. The molecule has 3 heterocycles. The van der Waals surface area contributed by atoms with Crippen molar-refractivity contribution < 1.29 is 28.2 Å². The summed E-state index contributed by atoms with van der Waals surface area (Å²) in [7, 11) is 0. The van der Waals surface area contributed by atoms with Gasteiger partial charge < -0.3 is 29.4 Å². The Morgan fingerprint density at radius 3 is 2.59 bits per heavy atom. The third-order valence-electron chi connectivity index (χ3n) is 7.12. The first-order valence-corrected chi connectivity index (χ1v) is 12.2. The van der Waals surface area contributed by atoms with Gasteiger partial charge in [-0.1, -0.05) is 0 Å². The molecule has 0 aromatic heterocycles. The molecule has 1 unspecified atom stereocenters. The minimum Gasteiger partial charge on any atom is -0.442 e. The van der Waals surface area contributed by atoms with Crippen LogP contribution in [-0.4, -0.2) is 86.9 Å². The summed E-state index contributed by atoms with van der Waals surface area (Å²) in [5.41, 5.74) is -0.512. The molecule has 12 heteroatoms. The Balaban J connectivity index is 1.42. The average molecular weight is 513 g/mol. The second-order valence-electron chi connectivity index (χ2n) is 9.39. The fraction of sp³-hybridized carbons (Fsp3) is 0.560. The van der Waals surface area contributed by atoms with Crippen LogP contribution in [0.15, 0.2) is 18.2 Å². The van der Waals surface area contributed by atoms with Gasteiger partial charge in [0, 0.05) is 45.9 Å². The number of morpholine rings is 1. The van der Waals surface area contributed by atoms with E-state index < -0.39 is 29.5 Å². The van der Waals surface area contributed by atoms with Gasteiger partial charge in [0.1, 0.15) is 11.9 Å². The quantitative estimate of drug-likeness (QED) is 0.575. The predicted octanol–water partition coefficient (Wildman–Crippen LogP) is 1.54.